The van der Waals surface area contributed by atoms with Crippen molar-refractivity contribution in [1.29, 1.82) is 0 Å². The minimum absolute atomic E-state index is 0.0744. The molecule has 0 saturated heterocycles. The molecule has 0 fully saturated rings. The van der Waals surface area contributed by atoms with Crippen molar-refractivity contribution in [2.24, 2.45) is 5.73 Å². The minimum Gasteiger partial charge on any atom is -0.490 e. The average molecular weight is 338 g/mol. The fourth-order valence-electron chi connectivity index (χ4n) is 1.78. The van der Waals surface area contributed by atoms with E-state index in [-0.39, 0.29) is 6.42 Å². The molecule has 0 heterocycles. The van der Waals surface area contributed by atoms with Crippen LogP contribution in [0.2, 0.25) is 0 Å². The molecule has 0 spiro atoms. The summed E-state index contributed by atoms with van der Waals surface area (Å²) in [5, 5.41) is 1.84. The molecule has 0 aromatic heterocycles. The second-order valence-corrected chi connectivity index (χ2v) is 4.82. The number of hydrogen-bond acceptors (Lipinski definition) is 6. The van der Waals surface area contributed by atoms with E-state index in [4.69, 9.17) is 19.9 Å². The average Bonchev–Trinajstić information content (AvgIpc) is 2.52. The summed E-state index contributed by atoms with van der Waals surface area (Å²) in [4.78, 5) is 33.5. The summed E-state index contributed by atoms with van der Waals surface area (Å²) in [7, 11) is 0. The van der Waals surface area contributed by atoms with Gasteiger partial charge in [0, 0.05) is 6.42 Å². The normalized spacial score (nSPS) is 11.2. The fraction of sp³-hybridized carbons (Fsp3) is 0.438. The number of nitrogens with two attached hydrogens (primary N) is 1. The molecule has 8 nitrogen and oxygen atoms in total. The van der Waals surface area contributed by atoms with E-state index in [0.717, 1.165) is 0 Å². The quantitative estimate of drug-likeness (QED) is 0.519. The number of para-hydroxylation sites is 2. The number of amides is 3. The lowest BCUT2D eigenvalue weighted by Gasteiger charge is -2.13. The van der Waals surface area contributed by atoms with E-state index >= 15 is 0 Å². The Bertz CT molecular complexity index is 575. The summed E-state index contributed by atoms with van der Waals surface area (Å²) in [5.74, 6) is -0.0946. The van der Waals surface area contributed by atoms with Crippen LogP contribution in [0.25, 0.3) is 0 Å². The van der Waals surface area contributed by atoms with Crippen LogP contribution >= 0.6 is 0 Å². The molecule has 1 aromatic carbocycles. The van der Waals surface area contributed by atoms with Crippen LogP contribution < -0.4 is 20.5 Å². The highest BCUT2D eigenvalue weighted by atomic mass is 16.5. The van der Waals surface area contributed by atoms with Crippen LogP contribution in [0.3, 0.4) is 0 Å². The smallest absolute Gasteiger partial charge is 0.318 e. The third kappa shape index (κ3) is 6.99. The number of ether oxygens (including phenoxy) is 3. The monoisotopic (exact) mass is 338 g/mol. The Labute approximate surface area is 140 Å². The van der Waals surface area contributed by atoms with Crippen LogP contribution in [0.4, 0.5) is 4.79 Å². The number of carbonyl (C=O) groups excluding carboxylic acids is 3. The first-order valence-corrected chi connectivity index (χ1v) is 7.58. The minimum atomic E-state index is -1.09. The molecule has 1 atom stereocenters. The molecule has 24 heavy (non-hydrogen) atoms. The number of esters is 1. The fourth-order valence-corrected chi connectivity index (χ4v) is 1.78. The van der Waals surface area contributed by atoms with Gasteiger partial charge >= 0.3 is 12.0 Å². The van der Waals surface area contributed by atoms with Crippen LogP contribution in [0.15, 0.2) is 24.3 Å². The molecule has 0 radical (unpaired) electrons. The van der Waals surface area contributed by atoms with E-state index in [0.29, 0.717) is 31.1 Å². The van der Waals surface area contributed by atoms with Crippen molar-refractivity contribution in [3.63, 3.8) is 0 Å². The maximum Gasteiger partial charge on any atom is 0.318 e. The van der Waals surface area contributed by atoms with Gasteiger partial charge in [-0.15, -0.1) is 0 Å². The Hall–Kier alpha value is -2.77. The summed E-state index contributed by atoms with van der Waals surface area (Å²) in [5.41, 5.74) is 4.81. The van der Waals surface area contributed by atoms with Crippen LogP contribution in [0.5, 0.6) is 11.5 Å². The topological polar surface area (TPSA) is 117 Å². The molecular formula is C16H22N2O6. The lowest BCUT2D eigenvalue weighted by atomic mass is 10.3. The molecule has 0 aliphatic carbocycles. The van der Waals surface area contributed by atoms with Crippen molar-refractivity contribution in [3.05, 3.63) is 24.3 Å². The van der Waals surface area contributed by atoms with E-state index in [2.05, 4.69) is 0 Å². The van der Waals surface area contributed by atoms with Gasteiger partial charge in [0.25, 0.3) is 5.91 Å². The Balaban J connectivity index is 2.31. The van der Waals surface area contributed by atoms with Gasteiger partial charge in [-0.1, -0.05) is 12.1 Å². The van der Waals surface area contributed by atoms with Crippen LogP contribution in [0, 0.1) is 0 Å². The molecular weight excluding hydrogens is 316 g/mol. The first kappa shape index (κ1) is 19.3. The highest BCUT2D eigenvalue weighted by Gasteiger charge is 2.18. The molecule has 3 N–H and O–H groups in total. The van der Waals surface area contributed by atoms with E-state index < -0.39 is 24.0 Å². The zero-order chi connectivity index (χ0) is 17.9. The standard InChI is InChI=1S/C16H22N2O6/c1-3-22-12-7-4-5-8-13(12)23-10-6-9-14(19)24-11(2)15(20)18-16(17)21/h4-5,7-8,11H,3,6,9-10H2,1-2H3,(H3,17,18,20,21)/t11-/m0/s1. The Kier molecular flexibility index (Phi) is 8.10. The van der Waals surface area contributed by atoms with Crippen LogP contribution in [-0.2, 0) is 14.3 Å². The van der Waals surface area contributed by atoms with Gasteiger partial charge in [0.05, 0.1) is 13.2 Å². The SMILES string of the molecule is CCOc1ccccc1OCCCC(=O)O[C@@H](C)C(=O)NC(N)=O. The summed E-state index contributed by atoms with van der Waals surface area (Å²) < 4.78 is 15.9. The van der Waals surface area contributed by atoms with Crippen LogP contribution in [-0.4, -0.2) is 37.2 Å². The van der Waals surface area contributed by atoms with Crippen molar-refractivity contribution in [3.8, 4) is 11.5 Å². The molecule has 0 bridgehead atoms. The van der Waals surface area contributed by atoms with E-state index in [1.165, 1.54) is 6.92 Å². The summed E-state index contributed by atoms with van der Waals surface area (Å²) in [6.07, 6.45) is -0.612. The van der Waals surface area contributed by atoms with Crippen molar-refractivity contribution in [2.75, 3.05) is 13.2 Å². The lowest BCUT2D eigenvalue weighted by Crippen LogP contribution is -2.42. The zero-order valence-corrected chi connectivity index (χ0v) is 13.7. The van der Waals surface area contributed by atoms with Gasteiger partial charge in [0.15, 0.2) is 17.6 Å². The number of urea groups is 1. The Morgan fingerprint density at radius 2 is 1.79 bits per heavy atom. The van der Waals surface area contributed by atoms with Gasteiger partial charge < -0.3 is 19.9 Å². The largest absolute Gasteiger partial charge is 0.490 e. The molecule has 3 amide bonds. The molecule has 1 aromatic rings. The van der Waals surface area contributed by atoms with Crippen molar-refractivity contribution in [2.45, 2.75) is 32.8 Å². The van der Waals surface area contributed by atoms with E-state index in [1.807, 2.05) is 24.4 Å². The number of nitrogens with one attached hydrogen (secondary N) is 1. The molecule has 0 unspecified atom stereocenters. The van der Waals surface area contributed by atoms with Gasteiger partial charge in [-0.3, -0.25) is 14.9 Å². The maximum absolute atomic E-state index is 11.6. The van der Waals surface area contributed by atoms with Gasteiger partial charge in [0.2, 0.25) is 0 Å². The van der Waals surface area contributed by atoms with Gasteiger partial charge in [-0.2, -0.15) is 0 Å². The Morgan fingerprint density at radius 1 is 1.17 bits per heavy atom. The lowest BCUT2D eigenvalue weighted by molar-refractivity contribution is -0.154. The van der Waals surface area contributed by atoms with Crippen molar-refractivity contribution in [1.82, 2.24) is 5.32 Å². The number of benzene rings is 1. The number of hydrogen-bond donors (Lipinski definition) is 2. The van der Waals surface area contributed by atoms with Crippen molar-refractivity contribution < 1.29 is 28.6 Å². The second-order valence-electron chi connectivity index (χ2n) is 4.82. The molecule has 0 aliphatic rings. The zero-order valence-electron chi connectivity index (χ0n) is 13.7. The van der Waals surface area contributed by atoms with Crippen molar-refractivity contribution >= 4 is 17.9 Å². The van der Waals surface area contributed by atoms with E-state index in [9.17, 15) is 14.4 Å². The number of primary amides is 1. The molecule has 0 saturated carbocycles. The predicted octanol–water partition coefficient (Wildman–Crippen LogP) is 1.37. The van der Waals surface area contributed by atoms with Crippen LogP contribution in [0.1, 0.15) is 26.7 Å². The number of carbonyl (C=O) groups is 3. The van der Waals surface area contributed by atoms with Gasteiger partial charge in [-0.05, 0) is 32.4 Å². The highest BCUT2D eigenvalue weighted by Crippen LogP contribution is 2.26. The molecule has 1 rings (SSSR count). The molecule has 0 aliphatic heterocycles. The second kappa shape index (κ2) is 10.1. The highest BCUT2D eigenvalue weighted by molar-refractivity contribution is 5.96. The third-order valence-corrected chi connectivity index (χ3v) is 2.86. The first-order chi connectivity index (χ1) is 11.4. The predicted molar refractivity (Wildman–Crippen MR) is 85.6 cm³/mol. The van der Waals surface area contributed by atoms with Gasteiger partial charge in [0.1, 0.15) is 0 Å². The molecule has 132 valence electrons. The number of imide groups is 1. The molecule has 8 heteroatoms. The summed E-state index contributed by atoms with van der Waals surface area (Å²) in [6, 6.07) is 6.24. The van der Waals surface area contributed by atoms with Gasteiger partial charge in [-0.25, -0.2) is 4.79 Å². The Morgan fingerprint density at radius 3 is 2.38 bits per heavy atom. The van der Waals surface area contributed by atoms with E-state index in [1.54, 1.807) is 12.1 Å². The first-order valence-electron chi connectivity index (χ1n) is 7.58. The third-order valence-electron chi connectivity index (χ3n) is 2.86. The summed E-state index contributed by atoms with van der Waals surface area (Å²) in [6.45, 7) is 4.05. The number of rotatable bonds is 9. The summed E-state index contributed by atoms with van der Waals surface area (Å²) >= 11 is 0. The maximum atomic E-state index is 11.6.